The van der Waals surface area contributed by atoms with E-state index in [1.807, 2.05) is 0 Å². The van der Waals surface area contributed by atoms with Gasteiger partial charge in [0.15, 0.2) is 0 Å². The largest absolute Gasteiger partial charge is 0.493 e. The summed E-state index contributed by atoms with van der Waals surface area (Å²) in [5.41, 5.74) is 0.909. The zero-order valence-corrected chi connectivity index (χ0v) is 13.6. The number of halogens is 1. The molecule has 0 aliphatic rings. The van der Waals surface area contributed by atoms with Gasteiger partial charge >= 0.3 is 5.69 Å². The molecule has 0 unspecified atom stereocenters. The van der Waals surface area contributed by atoms with E-state index in [0.717, 1.165) is 11.1 Å². The molecule has 130 valence electrons. The van der Waals surface area contributed by atoms with Gasteiger partial charge in [-0.15, -0.1) is 0 Å². The molecule has 0 amide bonds. The molecule has 1 aromatic heterocycles. The van der Waals surface area contributed by atoms with E-state index in [1.54, 1.807) is 24.3 Å². The molecular weight excluding hydrogens is 349 g/mol. The van der Waals surface area contributed by atoms with Gasteiger partial charge in [0.2, 0.25) is 15.9 Å². The maximum absolute atomic E-state index is 12.9. The Hall–Kier alpha value is -2.91. The summed E-state index contributed by atoms with van der Waals surface area (Å²) in [5.74, 6) is -0.766. The van der Waals surface area contributed by atoms with Crippen LogP contribution in [0.1, 0.15) is 5.69 Å². The van der Waals surface area contributed by atoms with Crippen molar-refractivity contribution in [2.24, 2.45) is 0 Å². The van der Waals surface area contributed by atoms with E-state index in [-0.39, 0.29) is 23.0 Å². The first-order valence-electron chi connectivity index (χ1n) is 7.21. The summed E-state index contributed by atoms with van der Waals surface area (Å²) in [6.45, 7) is -0.271. The molecule has 0 spiro atoms. The fourth-order valence-corrected chi connectivity index (χ4v) is 3.25. The second kappa shape index (κ2) is 6.54. The van der Waals surface area contributed by atoms with E-state index >= 15 is 0 Å². The maximum Gasteiger partial charge on any atom is 0.326 e. The number of rotatable bonds is 5. The van der Waals surface area contributed by atoms with E-state index in [9.17, 15) is 22.7 Å². The lowest BCUT2D eigenvalue weighted by atomic mass is 10.1. The predicted molar refractivity (Wildman–Crippen MR) is 88.9 cm³/mol. The highest BCUT2D eigenvalue weighted by atomic mass is 32.2. The standard InChI is InChI=1S/C16H14FN3O4S/c17-12-5-1-10(2-6-12)11-3-7-13(8-4-11)25(23,24)18-9-14-15(21)20-16(22)19-14/h1-8,18,21H,9H2,(H2,19,20,22). The predicted octanol–water partition coefficient (Wildman–Crippen LogP) is 1.69. The van der Waals surface area contributed by atoms with E-state index in [4.69, 9.17) is 0 Å². The van der Waals surface area contributed by atoms with Crippen LogP contribution < -0.4 is 10.4 Å². The van der Waals surface area contributed by atoms with Crippen molar-refractivity contribution in [1.29, 1.82) is 0 Å². The molecule has 3 aromatic rings. The number of hydrogen-bond acceptors (Lipinski definition) is 4. The van der Waals surface area contributed by atoms with Gasteiger partial charge in [-0.3, -0.25) is 4.98 Å². The van der Waals surface area contributed by atoms with Crippen molar-refractivity contribution in [2.75, 3.05) is 0 Å². The average Bonchev–Trinajstić information content (AvgIpc) is 2.91. The third-order valence-corrected chi connectivity index (χ3v) is 4.98. The van der Waals surface area contributed by atoms with E-state index in [2.05, 4.69) is 14.7 Å². The van der Waals surface area contributed by atoms with Gasteiger partial charge in [-0.2, -0.15) is 0 Å². The molecule has 0 fully saturated rings. The van der Waals surface area contributed by atoms with E-state index in [0.29, 0.717) is 0 Å². The minimum absolute atomic E-state index is 0.0238. The van der Waals surface area contributed by atoms with Crippen LogP contribution in [-0.4, -0.2) is 23.5 Å². The third kappa shape index (κ3) is 3.78. The maximum atomic E-state index is 12.9. The minimum atomic E-state index is -3.83. The molecule has 0 bridgehead atoms. The molecule has 9 heteroatoms. The number of hydrogen-bond donors (Lipinski definition) is 4. The molecule has 4 N–H and O–H groups in total. The third-order valence-electron chi connectivity index (χ3n) is 3.56. The van der Waals surface area contributed by atoms with Gasteiger partial charge in [-0.05, 0) is 35.4 Å². The van der Waals surface area contributed by atoms with Gasteiger partial charge in [0.25, 0.3) is 0 Å². The fourth-order valence-electron chi connectivity index (χ4n) is 2.26. The lowest BCUT2D eigenvalue weighted by Crippen LogP contribution is -2.23. The molecule has 0 aliphatic heterocycles. The normalized spacial score (nSPS) is 11.6. The minimum Gasteiger partial charge on any atom is -0.493 e. The Morgan fingerprint density at radius 3 is 2.04 bits per heavy atom. The number of sulfonamides is 1. The van der Waals surface area contributed by atoms with Crippen molar-refractivity contribution in [3.8, 4) is 17.0 Å². The number of nitrogens with one attached hydrogen (secondary N) is 3. The number of H-pyrrole nitrogens is 2. The highest BCUT2D eigenvalue weighted by Crippen LogP contribution is 2.21. The molecule has 0 aliphatic carbocycles. The average molecular weight is 363 g/mol. The number of aromatic nitrogens is 2. The molecular formula is C16H14FN3O4S. The molecule has 0 radical (unpaired) electrons. The van der Waals surface area contributed by atoms with Crippen LogP contribution in [0.25, 0.3) is 11.1 Å². The smallest absolute Gasteiger partial charge is 0.326 e. The monoisotopic (exact) mass is 363 g/mol. The SMILES string of the molecule is O=c1[nH]c(O)c(CNS(=O)(=O)c2ccc(-c3ccc(F)cc3)cc2)[nH]1. The topological polar surface area (TPSA) is 115 Å². The van der Waals surface area contributed by atoms with Gasteiger partial charge in [0.1, 0.15) is 5.82 Å². The molecule has 0 saturated heterocycles. The Labute approximate surface area is 142 Å². The Morgan fingerprint density at radius 1 is 0.960 bits per heavy atom. The second-order valence-corrected chi connectivity index (χ2v) is 7.03. The first kappa shape index (κ1) is 16.9. The van der Waals surface area contributed by atoms with Crippen molar-refractivity contribution in [3.05, 3.63) is 70.5 Å². The van der Waals surface area contributed by atoms with Crippen LogP contribution >= 0.6 is 0 Å². The summed E-state index contributed by atoms with van der Waals surface area (Å²) in [5, 5.41) is 9.43. The Balaban J connectivity index is 1.77. The van der Waals surface area contributed by atoms with Crippen molar-refractivity contribution in [1.82, 2.24) is 14.7 Å². The van der Waals surface area contributed by atoms with Crippen molar-refractivity contribution in [3.63, 3.8) is 0 Å². The highest BCUT2D eigenvalue weighted by molar-refractivity contribution is 7.89. The molecule has 2 aromatic carbocycles. The van der Waals surface area contributed by atoms with Gasteiger partial charge in [0, 0.05) is 0 Å². The van der Waals surface area contributed by atoms with Crippen LogP contribution in [0.4, 0.5) is 4.39 Å². The van der Waals surface area contributed by atoms with Crippen LogP contribution in [0.3, 0.4) is 0 Å². The quantitative estimate of drug-likeness (QED) is 0.552. The molecule has 7 nitrogen and oxygen atoms in total. The van der Waals surface area contributed by atoms with Gasteiger partial charge in [-0.25, -0.2) is 22.3 Å². The molecule has 0 saturated carbocycles. The lowest BCUT2D eigenvalue weighted by Gasteiger charge is -2.07. The zero-order chi connectivity index (χ0) is 18.0. The summed E-state index contributed by atoms with van der Waals surface area (Å²) in [4.78, 5) is 15.4. The van der Waals surface area contributed by atoms with Crippen LogP contribution in [-0.2, 0) is 16.6 Å². The number of aromatic amines is 2. The van der Waals surface area contributed by atoms with Crippen molar-refractivity contribution in [2.45, 2.75) is 11.4 Å². The first-order chi connectivity index (χ1) is 11.8. The summed E-state index contributed by atoms with van der Waals surface area (Å²) >= 11 is 0. The highest BCUT2D eigenvalue weighted by Gasteiger charge is 2.16. The Morgan fingerprint density at radius 2 is 1.52 bits per heavy atom. The molecule has 0 atom stereocenters. The van der Waals surface area contributed by atoms with Gasteiger partial charge in [-0.1, -0.05) is 24.3 Å². The van der Waals surface area contributed by atoms with Crippen LogP contribution in [0.5, 0.6) is 5.88 Å². The summed E-state index contributed by atoms with van der Waals surface area (Å²) in [6, 6.07) is 11.9. The summed E-state index contributed by atoms with van der Waals surface area (Å²) < 4.78 is 39.8. The second-order valence-electron chi connectivity index (χ2n) is 5.26. The number of imidazole rings is 1. The first-order valence-corrected chi connectivity index (χ1v) is 8.69. The lowest BCUT2D eigenvalue weighted by molar-refractivity contribution is 0.447. The molecule has 1 heterocycles. The molecule has 25 heavy (non-hydrogen) atoms. The van der Waals surface area contributed by atoms with Crippen LogP contribution in [0.15, 0.2) is 58.2 Å². The zero-order valence-electron chi connectivity index (χ0n) is 12.8. The van der Waals surface area contributed by atoms with Gasteiger partial charge < -0.3 is 10.1 Å². The van der Waals surface area contributed by atoms with Crippen molar-refractivity contribution < 1.29 is 17.9 Å². The molecule has 3 rings (SSSR count). The Kier molecular flexibility index (Phi) is 4.43. The van der Waals surface area contributed by atoms with Crippen molar-refractivity contribution >= 4 is 10.0 Å². The Bertz CT molecular complexity index is 1040. The number of aromatic hydroxyl groups is 1. The summed E-state index contributed by atoms with van der Waals surface area (Å²) in [7, 11) is -3.83. The fraction of sp³-hybridized carbons (Fsp3) is 0.0625. The summed E-state index contributed by atoms with van der Waals surface area (Å²) in [6.07, 6.45) is 0. The van der Waals surface area contributed by atoms with Gasteiger partial charge in [0.05, 0.1) is 17.1 Å². The van der Waals surface area contributed by atoms with Crippen LogP contribution in [0, 0.1) is 5.82 Å². The van der Waals surface area contributed by atoms with Crippen LogP contribution in [0.2, 0.25) is 0 Å². The number of benzene rings is 2. The van der Waals surface area contributed by atoms with E-state index < -0.39 is 21.6 Å². The van der Waals surface area contributed by atoms with E-state index in [1.165, 1.54) is 24.3 Å².